The molecular formula is C17H19ClN4O4. The Kier molecular flexibility index (Phi) is 5.26. The molecule has 2 heterocycles. The third kappa shape index (κ3) is 3.44. The van der Waals surface area contributed by atoms with Gasteiger partial charge in [-0.3, -0.25) is 13.9 Å². The van der Waals surface area contributed by atoms with Gasteiger partial charge in [-0.1, -0.05) is 29.8 Å². The number of fused-ring (bicyclic) bond motifs is 1. The minimum Gasteiger partial charge on any atom is -0.389 e. The number of halogens is 1. The van der Waals surface area contributed by atoms with Crippen molar-refractivity contribution in [1.29, 1.82) is 0 Å². The lowest BCUT2D eigenvalue weighted by atomic mass is 10.2. The highest BCUT2D eigenvalue weighted by molar-refractivity contribution is 6.31. The molecule has 0 saturated heterocycles. The van der Waals surface area contributed by atoms with Crippen LogP contribution < -0.4 is 11.2 Å². The summed E-state index contributed by atoms with van der Waals surface area (Å²) in [4.78, 5) is 28.4. The summed E-state index contributed by atoms with van der Waals surface area (Å²) in [5, 5.41) is 10.8. The van der Waals surface area contributed by atoms with Gasteiger partial charge in [0.05, 0.1) is 32.2 Å². The van der Waals surface area contributed by atoms with Crippen molar-refractivity contribution in [2.24, 2.45) is 14.1 Å². The normalized spacial score (nSPS) is 12.6. The number of rotatable bonds is 6. The molecule has 26 heavy (non-hydrogen) atoms. The molecule has 3 rings (SSSR count). The number of aliphatic hydroxyl groups is 1. The summed E-state index contributed by atoms with van der Waals surface area (Å²) in [5.74, 6) is 0. The van der Waals surface area contributed by atoms with Crippen molar-refractivity contribution < 1.29 is 9.84 Å². The van der Waals surface area contributed by atoms with E-state index in [1.165, 1.54) is 22.5 Å². The van der Waals surface area contributed by atoms with E-state index in [0.717, 1.165) is 10.1 Å². The summed E-state index contributed by atoms with van der Waals surface area (Å²) in [6, 6.07) is 7.31. The second-order valence-corrected chi connectivity index (χ2v) is 6.44. The topological polar surface area (TPSA) is 91.3 Å². The van der Waals surface area contributed by atoms with Crippen molar-refractivity contribution >= 4 is 22.8 Å². The molecule has 8 nitrogen and oxygen atoms in total. The fourth-order valence-electron chi connectivity index (χ4n) is 2.74. The van der Waals surface area contributed by atoms with Crippen LogP contribution in [0.4, 0.5) is 0 Å². The molecule has 0 fully saturated rings. The summed E-state index contributed by atoms with van der Waals surface area (Å²) in [6.45, 7) is 0.459. The molecular weight excluding hydrogens is 360 g/mol. The lowest BCUT2D eigenvalue weighted by Gasteiger charge is -2.13. The fourth-order valence-corrected chi connectivity index (χ4v) is 2.93. The van der Waals surface area contributed by atoms with Crippen LogP contribution in [-0.4, -0.2) is 36.5 Å². The summed E-state index contributed by atoms with van der Waals surface area (Å²) in [7, 11) is 2.95. The molecule has 0 bridgehead atoms. The zero-order chi connectivity index (χ0) is 18.8. The van der Waals surface area contributed by atoms with Gasteiger partial charge in [-0.15, -0.1) is 0 Å². The Bertz CT molecular complexity index is 1050. The molecule has 3 aromatic rings. The molecule has 0 amide bonds. The first-order valence-electron chi connectivity index (χ1n) is 8.00. The number of aryl methyl sites for hydroxylation is 1. The highest BCUT2D eigenvalue weighted by Gasteiger charge is 2.16. The van der Waals surface area contributed by atoms with Crippen molar-refractivity contribution in [3.8, 4) is 0 Å². The predicted molar refractivity (Wildman–Crippen MR) is 97.3 cm³/mol. The number of imidazole rings is 1. The molecule has 1 aromatic carbocycles. The number of nitrogens with zero attached hydrogens (tertiary/aromatic N) is 4. The van der Waals surface area contributed by atoms with Gasteiger partial charge in [-0.05, 0) is 11.6 Å². The molecule has 2 aromatic heterocycles. The van der Waals surface area contributed by atoms with Gasteiger partial charge in [0.1, 0.15) is 0 Å². The molecule has 0 radical (unpaired) electrons. The number of aromatic nitrogens is 4. The van der Waals surface area contributed by atoms with Crippen molar-refractivity contribution in [1.82, 2.24) is 18.7 Å². The lowest BCUT2D eigenvalue weighted by molar-refractivity contribution is 0.0208. The predicted octanol–water partition coefficient (Wildman–Crippen LogP) is 0.665. The first-order chi connectivity index (χ1) is 12.4. The molecule has 9 heteroatoms. The number of ether oxygens (including phenoxy) is 1. The Morgan fingerprint density at radius 1 is 1.23 bits per heavy atom. The minimum absolute atomic E-state index is 0.0664. The molecule has 1 N–H and O–H groups in total. The van der Waals surface area contributed by atoms with Crippen LogP contribution in [0, 0.1) is 0 Å². The van der Waals surface area contributed by atoms with Crippen LogP contribution in [0.5, 0.6) is 0 Å². The first kappa shape index (κ1) is 18.4. The monoisotopic (exact) mass is 378 g/mol. The van der Waals surface area contributed by atoms with Gasteiger partial charge in [-0.25, -0.2) is 9.78 Å². The standard InChI is InChI=1S/C17H19ClN4O4/c1-20-15-14(16(24)21(2)17(20)25)22(10-19-15)7-12(23)9-26-8-11-5-3-4-6-13(11)18/h3-6,10,12,23H,7-9H2,1-2H3. The third-order valence-electron chi connectivity index (χ3n) is 4.15. The van der Waals surface area contributed by atoms with E-state index in [0.29, 0.717) is 5.02 Å². The van der Waals surface area contributed by atoms with Gasteiger partial charge >= 0.3 is 5.69 Å². The minimum atomic E-state index is -0.850. The zero-order valence-corrected chi connectivity index (χ0v) is 15.2. The third-order valence-corrected chi connectivity index (χ3v) is 4.52. The molecule has 1 unspecified atom stereocenters. The van der Waals surface area contributed by atoms with Crippen LogP contribution in [0.15, 0.2) is 40.2 Å². The maximum absolute atomic E-state index is 12.4. The maximum atomic E-state index is 12.4. The Morgan fingerprint density at radius 3 is 2.69 bits per heavy atom. The number of hydrogen-bond donors (Lipinski definition) is 1. The van der Waals surface area contributed by atoms with Crippen LogP contribution >= 0.6 is 11.6 Å². The quantitative estimate of drug-likeness (QED) is 0.680. The van der Waals surface area contributed by atoms with Crippen molar-refractivity contribution in [3.05, 3.63) is 62.0 Å². The second-order valence-electron chi connectivity index (χ2n) is 6.04. The number of aliphatic hydroxyl groups excluding tert-OH is 1. The van der Waals surface area contributed by atoms with E-state index in [2.05, 4.69) is 4.98 Å². The summed E-state index contributed by atoms with van der Waals surface area (Å²) in [5.41, 5.74) is 0.474. The van der Waals surface area contributed by atoms with Gasteiger partial charge in [0.2, 0.25) is 0 Å². The molecule has 0 aliphatic rings. The van der Waals surface area contributed by atoms with Crippen molar-refractivity contribution in [3.63, 3.8) is 0 Å². The first-order valence-corrected chi connectivity index (χ1v) is 8.38. The van der Waals surface area contributed by atoms with Crippen LogP contribution in [0.25, 0.3) is 11.2 Å². The molecule has 0 saturated carbocycles. The van der Waals surface area contributed by atoms with Crippen LogP contribution in [0.2, 0.25) is 5.02 Å². The van der Waals surface area contributed by atoms with Crippen LogP contribution in [-0.2, 0) is 32.0 Å². The van der Waals surface area contributed by atoms with E-state index >= 15 is 0 Å². The Hall–Kier alpha value is -2.42. The van der Waals surface area contributed by atoms with Crippen molar-refractivity contribution in [2.45, 2.75) is 19.3 Å². The summed E-state index contributed by atoms with van der Waals surface area (Å²) in [6.07, 6.45) is 0.583. The zero-order valence-electron chi connectivity index (χ0n) is 14.4. The maximum Gasteiger partial charge on any atom is 0.332 e. The van der Waals surface area contributed by atoms with Crippen LogP contribution in [0.1, 0.15) is 5.56 Å². The average Bonchev–Trinajstić information content (AvgIpc) is 3.03. The highest BCUT2D eigenvalue weighted by atomic mass is 35.5. The molecule has 0 aliphatic carbocycles. The fraction of sp³-hybridized carbons (Fsp3) is 0.353. The highest BCUT2D eigenvalue weighted by Crippen LogP contribution is 2.16. The van der Waals surface area contributed by atoms with Gasteiger partial charge in [0, 0.05) is 19.1 Å². The Balaban J connectivity index is 1.72. The largest absolute Gasteiger partial charge is 0.389 e. The van der Waals surface area contributed by atoms with E-state index in [1.807, 2.05) is 18.2 Å². The molecule has 0 spiro atoms. The Morgan fingerprint density at radius 2 is 1.96 bits per heavy atom. The summed E-state index contributed by atoms with van der Waals surface area (Å²) < 4.78 is 9.36. The van der Waals surface area contributed by atoms with Gasteiger partial charge in [0.15, 0.2) is 11.2 Å². The van der Waals surface area contributed by atoms with Crippen LogP contribution in [0.3, 0.4) is 0 Å². The molecule has 0 aliphatic heterocycles. The van der Waals surface area contributed by atoms with Gasteiger partial charge in [-0.2, -0.15) is 0 Å². The molecule has 138 valence electrons. The smallest absolute Gasteiger partial charge is 0.332 e. The van der Waals surface area contributed by atoms with E-state index in [4.69, 9.17) is 16.3 Å². The van der Waals surface area contributed by atoms with E-state index in [9.17, 15) is 14.7 Å². The second kappa shape index (κ2) is 7.45. The SMILES string of the molecule is Cn1c(=O)c2c(ncn2CC(O)COCc2ccccc2Cl)n(C)c1=O. The number of hydrogen-bond acceptors (Lipinski definition) is 5. The summed E-state index contributed by atoms with van der Waals surface area (Å²) >= 11 is 6.06. The lowest BCUT2D eigenvalue weighted by Crippen LogP contribution is -2.38. The Labute approximate surface area is 153 Å². The van der Waals surface area contributed by atoms with Gasteiger partial charge in [0.25, 0.3) is 5.56 Å². The van der Waals surface area contributed by atoms with E-state index in [-0.39, 0.29) is 30.9 Å². The molecule has 1 atom stereocenters. The van der Waals surface area contributed by atoms with Crippen molar-refractivity contribution in [2.75, 3.05) is 6.61 Å². The van der Waals surface area contributed by atoms with E-state index < -0.39 is 17.4 Å². The van der Waals surface area contributed by atoms with Gasteiger partial charge < -0.3 is 14.4 Å². The average molecular weight is 379 g/mol. The van der Waals surface area contributed by atoms with E-state index in [1.54, 1.807) is 13.1 Å². The number of benzene rings is 1.